The number of methoxy groups -OCH3 is 1. The lowest BCUT2D eigenvalue weighted by atomic mass is 10.1. The number of carbonyl (C=O) groups excluding carboxylic acids is 3. The van der Waals surface area contributed by atoms with Crippen LogP contribution in [-0.2, 0) is 14.3 Å². The molecule has 0 aliphatic carbocycles. The van der Waals surface area contributed by atoms with Gasteiger partial charge in [-0.1, -0.05) is 0 Å². The lowest BCUT2D eigenvalue weighted by Gasteiger charge is -2.27. The number of hydrogen-bond donors (Lipinski definition) is 1. The summed E-state index contributed by atoms with van der Waals surface area (Å²) in [6, 6.07) is 7.70. The number of nitrogens with zero attached hydrogens (tertiary/aromatic N) is 5. The molecule has 0 saturated carbocycles. The van der Waals surface area contributed by atoms with Gasteiger partial charge in [0.1, 0.15) is 24.1 Å². The number of amides is 3. The maximum Gasteiger partial charge on any atom is 0.414 e. The Hall–Kier alpha value is -4.22. The summed E-state index contributed by atoms with van der Waals surface area (Å²) < 4.78 is 24.9. The maximum atomic E-state index is 15.0. The molecule has 0 radical (unpaired) electrons. The number of urea groups is 1. The summed E-state index contributed by atoms with van der Waals surface area (Å²) in [4.78, 5) is 42.7. The highest BCUT2D eigenvalue weighted by Gasteiger charge is 2.33. The minimum atomic E-state index is -0.587. The summed E-state index contributed by atoms with van der Waals surface area (Å²) in [7, 11) is 2.84. The first-order chi connectivity index (χ1) is 16.9. The molecule has 4 rings (SSSR count). The first-order valence-corrected chi connectivity index (χ1v) is 11.0. The van der Waals surface area contributed by atoms with Crippen molar-refractivity contribution in [1.82, 2.24) is 15.3 Å². The third-order valence-electron chi connectivity index (χ3n) is 5.72. The Bertz CT molecular complexity index is 1140. The van der Waals surface area contributed by atoms with E-state index in [-0.39, 0.29) is 25.0 Å². The van der Waals surface area contributed by atoms with Gasteiger partial charge in [-0.15, -0.1) is 0 Å². The van der Waals surface area contributed by atoms with Crippen LogP contribution < -0.4 is 15.1 Å². The fourth-order valence-electron chi connectivity index (χ4n) is 3.78. The standard InChI is InChI=1S/C23H25FN6O5/c1-25-22(32)30-10-9-28(14-27-30)20-7-3-15(12-26-20)18-6-4-16(11-19(18)24)29-13-17(35-23(29)33)5-8-21(31)34-2/h3-4,6-7,11-12,14,17H,5,8-10,13H2,1-2H3,(H,25,32)/t17-/m0/s1. The molecule has 0 bridgehead atoms. The van der Waals surface area contributed by atoms with Crippen LogP contribution in [0, 0.1) is 5.82 Å². The Labute approximate surface area is 201 Å². The van der Waals surface area contributed by atoms with Gasteiger partial charge in [-0.3, -0.25) is 9.69 Å². The third-order valence-corrected chi connectivity index (χ3v) is 5.72. The maximum absolute atomic E-state index is 15.0. The highest BCUT2D eigenvalue weighted by Crippen LogP contribution is 2.30. The van der Waals surface area contributed by atoms with E-state index in [9.17, 15) is 18.8 Å². The fraction of sp³-hybridized carbons (Fsp3) is 0.348. The molecule has 184 valence electrons. The van der Waals surface area contributed by atoms with Gasteiger partial charge in [0.15, 0.2) is 0 Å². The van der Waals surface area contributed by atoms with Crippen molar-refractivity contribution in [1.29, 1.82) is 0 Å². The highest BCUT2D eigenvalue weighted by atomic mass is 19.1. The van der Waals surface area contributed by atoms with Gasteiger partial charge in [-0.05, 0) is 36.8 Å². The normalized spacial score (nSPS) is 17.4. The molecule has 0 spiro atoms. The van der Waals surface area contributed by atoms with E-state index in [1.54, 1.807) is 35.4 Å². The summed E-state index contributed by atoms with van der Waals surface area (Å²) in [6.45, 7) is 1.14. The lowest BCUT2D eigenvalue weighted by molar-refractivity contribution is -0.141. The Morgan fingerprint density at radius 3 is 2.71 bits per heavy atom. The predicted molar refractivity (Wildman–Crippen MR) is 125 cm³/mol. The number of halogens is 1. The molecule has 2 aromatic rings. The van der Waals surface area contributed by atoms with Gasteiger partial charge < -0.3 is 19.7 Å². The van der Waals surface area contributed by atoms with E-state index in [4.69, 9.17) is 4.74 Å². The molecule has 0 unspecified atom stereocenters. The zero-order chi connectivity index (χ0) is 24.9. The van der Waals surface area contributed by atoms with Crippen LogP contribution in [0.2, 0.25) is 0 Å². The van der Waals surface area contributed by atoms with Crippen molar-refractivity contribution in [2.24, 2.45) is 5.10 Å². The number of pyridine rings is 1. The van der Waals surface area contributed by atoms with Gasteiger partial charge in [0.2, 0.25) is 0 Å². The predicted octanol–water partition coefficient (Wildman–Crippen LogP) is 2.57. The van der Waals surface area contributed by atoms with Crippen molar-refractivity contribution < 1.29 is 28.2 Å². The molecule has 12 heteroatoms. The van der Waals surface area contributed by atoms with Crippen molar-refractivity contribution in [3.05, 3.63) is 42.3 Å². The van der Waals surface area contributed by atoms with Crippen LogP contribution in [0.25, 0.3) is 11.1 Å². The second-order valence-corrected chi connectivity index (χ2v) is 7.90. The van der Waals surface area contributed by atoms with Crippen molar-refractivity contribution in [3.8, 4) is 11.1 Å². The molecule has 2 aliphatic heterocycles. The Balaban J connectivity index is 1.42. The Kier molecular flexibility index (Phi) is 7.09. The number of rotatable bonds is 6. The van der Waals surface area contributed by atoms with Gasteiger partial charge in [-0.2, -0.15) is 5.10 Å². The fourth-order valence-corrected chi connectivity index (χ4v) is 3.78. The van der Waals surface area contributed by atoms with Crippen LogP contribution in [0.1, 0.15) is 12.8 Å². The molecule has 35 heavy (non-hydrogen) atoms. The molecule has 11 nitrogen and oxygen atoms in total. The second-order valence-electron chi connectivity index (χ2n) is 7.90. The monoisotopic (exact) mass is 484 g/mol. The molecule has 1 N–H and O–H groups in total. The van der Waals surface area contributed by atoms with E-state index >= 15 is 0 Å². The summed E-state index contributed by atoms with van der Waals surface area (Å²) in [6.07, 6.45) is 2.48. The molecule has 1 aromatic heterocycles. The van der Waals surface area contributed by atoms with Gasteiger partial charge in [0.05, 0.1) is 25.9 Å². The third kappa shape index (κ3) is 5.31. The smallest absolute Gasteiger partial charge is 0.414 e. The van der Waals surface area contributed by atoms with E-state index in [1.165, 1.54) is 36.5 Å². The van der Waals surface area contributed by atoms with Crippen LogP contribution >= 0.6 is 0 Å². The second kappa shape index (κ2) is 10.4. The molecule has 1 aromatic carbocycles. The SMILES string of the molecule is CNC(=O)N1CCN(c2ccc(-c3ccc(N4C[C@H](CCC(=O)OC)OC4=O)cc3F)cn2)C=N1. The minimum Gasteiger partial charge on any atom is -0.469 e. The molecular weight excluding hydrogens is 459 g/mol. The van der Waals surface area contributed by atoms with E-state index in [1.807, 2.05) is 0 Å². The molecule has 1 saturated heterocycles. The molecule has 1 fully saturated rings. The number of benzene rings is 1. The minimum absolute atomic E-state index is 0.133. The zero-order valence-corrected chi connectivity index (χ0v) is 19.3. The number of carbonyl (C=O) groups is 3. The first kappa shape index (κ1) is 23.9. The van der Waals surface area contributed by atoms with Crippen LogP contribution in [-0.4, -0.2) is 74.3 Å². The van der Waals surface area contributed by atoms with Gasteiger partial charge >= 0.3 is 18.1 Å². The van der Waals surface area contributed by atoms with Gasteiger partial charge in [0, 0.05) is 37.3 Å². The lowest BCUT2D eigenvalue weighted by Crippen LogP contribution is -2.44. The summed E-state index contributed by atoms with van der Waals surface area (Å²) in [5, 5.41) is 7.93. The van der Waals surface area contributed by atoms with Crippen LogP contribution in [0.15, 0.2) is 41.6 Å². The molecule has 3 amide bonds. The van der Waals surface area contributed by atoms with E-state index in [0.717, 1.165) is 0 Å². The molecular formula is C23H25FN6O5. The highest BCUT2D eigenvalue weighted by molar-refractivity contribution is 5.90. The Morgan fingerprint density at radius 2 is 2.09 bits per heavy atom. The van der Waals surface area contributed by atoms with Crippen molar-refractivity contribution in [2.75, 3.05) is 43.6 Å². The number of aromatic nitrogens is 1. The molecule has 2 aliphatic rings. The first-order valence-electron chi connectivity index (χ1n) is 11.0. The number of cyclic esters (lactones) is 1. The van der Waals surface area contributed by atoms with Crippen molar-refractivity contribution in [2.45, 2.75) is 18.9 Å². The van der Waals surface area contributed by atoms with E-state index in [2.05, 4.69) is 20.1 Å². The average molecular weight is 484 g/mol. The number of hydrogen-bond acceptors (Lipinski definition) is 8. The Morgan fingerprint density at radius 1 is 1.26 bits per heavy atom. The van der Waals surface area contributed by atoms with Crippen LogP contribution in [0.3, 0.4) is 0 Å². The van der Waals surface area contributed by atoms with E-state index < -0.39 is 18.0 Å². The average Bonchev–Trinajstić information content (AvgIpc) is 3.27. The quantitative estimate of drug-likeness (QED) is 0.627. The largest absolute Gasteiger partial charge is 0.469 e. The summed E-state index contributed by atoms with van der Waals surface area (Å²) >= 11 is 0. The number of anilines is 2. The van der Waals surface area contributed by atoms with Crippen molar-refractivity contribution in [3.63, 3.8) is 0 Å². The topological polar surface area (TPSA) is 117 Å². The van der Waals surface area contributed by atoms with Crippen LogP contribution in [0.4, 0.5) is 25.5 Å². The number of nitrogens with one attached hydrogen (secondary N) is 1. The number of hydrazone groups is 1. The van der Waals surface area contributed by atoms with Crippen LogP contribution in [0.5, 0.6) is 0 Å². The van der Waals surface area contributed by atoms with Gasteiger partial charge in [0.25, 0.3) is 0 Å². The molecule has 1 atom stereocenters. The zero-order valence-electron chi connectivity index (χ0n) is 19.3. The number of ether oxygens (including phenoxy) is 2. The number of esters is 1. The van der Waals surface area contributed by atoms with Crippen molar-refractivity contribution >= 4 is 35.9 Å². The summed E-state index contributed by atoms with van der Waals surface area (Å²) in [5.41, 5.74) is 1.27. The summed E-state index contributed by atoms with van der Waals surface area (Å²) in [5.74, 6) is -0.277. The molecule has 3 heterocycles. The van der Waals surface area contributed by atoms with E-state index in [0.29, 0.717) is 42.1 Å². The van der Waals surface area contributed by atoms with Gasteiger partial charge in [-0.25, -0.2) is 24.0 Å².